The summed E-state index contributed by atoms with van der Waals surface area (Å²) in [5.41, 5.74) is -3.75. The average molecular weight is 443 g/mol. The molecule has 0 N–H and O–H groups in total. The fraction of sp³-hybridized carbons (Fsp3) is 0.833. The number of hydrogen-bond acceptors (Lipinski definition) is 4. The predicted octanol–water partition coefficient (Wildman–Crippen LogP) is 5.75. The van der Waals surface area contributed by atoms with Gasteiger partial charge in [0.25, 0.3) is 6.08 Å². The summed E-state index contributed by atoms with van der Waals surface area (Å²) >= 11 is 0. The van der Waals surface area contributed by atoms with Crippen molar-refractivity contribution in [3.63, 3.8) is 0 Å². The quantitative estimate of drug-likeness (QED) is 0.512. The predicted molar refractivity (Wildman–Crippen MR) is 108 cm³/mol. The summed E-state index contributed by atoms with van der Waals surface area (Å²) in [5.74, 6) is -0.778. The van der Waals surface area contributed by atoms with Gasteiger partial charge in [0.2, 0.25) is 0 Å². The lowest BCUT2D eigenvalue weighted by molar-refractivity contribution is -0.181. The van der Waals surface area contributed by atoms with Crippen molar-refractivity contribution >= 4 is 11.9 Å². The highest BCUT2D eigenvalue weighted by molar-refractivity contribution is 5.66. The number of carbonyl (C=O) groups excluding carboxylic acids is 2. The first-order chi connectivity index (χ1) is 14.4. The molecule has 7 heteroatoms. The lowest BCUT2D eigenvalue weighted by atomic mass is 9.43. The molecule has 31 heavy (non-hydrogen) atoms. The molecule has 8 atom stereocenters. The molecule has 0 bridgehead atoms. The fourth-order valence-corrected chi connectivity index (χ4v) is 7.92. The molecule has 0 aliphatic heterocycles. The summed E-state index contributed by atoms with van der Waals surface area (Å²) in [6.45, 7) is 6.62. The van der Waals surface area contributed by atoms with Crippen LogP contribution in [-0.4, -0.2) is 29.8 Å². The van der Waals surface area contributed by atoms with Gasteiger partial charge in [-0.3, -0.25) is 9.59 Å². The van der Waals surface area contributed by atoms with E-state index in [1.807, 2.05) is 6.92 Å². The molecule has 4 aliphatic carbocycles. The SMILES string of the molecule is CC(=O)O[C@H]1CC[C@]2(C)[C@H]3CC[C@]4(C)[C@@H](OC(C)=O)CC[C@H]4[C@@H]3CC(=C(F)F)[C@@]2(F)C1. The second-order valence-electron chi connectivity index (χ2n) is 10.7. The molecule has 0 unspecified atom stereocenters. The zero-order chi connectivity index (χ0) is 22.8. The Balaban J connectivity index is 1.69. The smallest absolute Gasteiger partial charge is 0.302 e. The Kier molecular flexibility index (Phi) is 5.49. The number of esters is 2. The number of hydrogen-bond donors (Lipinski definition) is 0. The molecule has 0 aromatic carbocycles. The molecule has 4 nitrogen and oxygen atoms in total. The van der Waals surface area contributed by atoms with E-state index in [1.54, 1.807) is 0 Å². The van der Waals surface area contributed by atoms with Gasteiger partial charge in [-0.1, -0.05) is 13.8 Å². The molecule has 4 fully saturated rings. The molecule has 174 valence electrons. The highest BCUT2D eigenvalue weighted by Gasteiger charge is 2.68. The van der Waals surface area contributed by atoms with Crippen molar-refractivity contribution in [2.45, 2.75) is 96.9 Å². The average Bonchev–Trinajstić information content (AvgIpc) is 2.97. The van der Waals surface area contributed by atoms with Crippen molar-refractivity contribution in [1.82, 2.24) is 0 Å². The van der Waals surface area contributed by atoms with Crippen LogP contribution in [0, 0.1) is 28.6 Å². The van der Waals surface area contributed by atoms with Crippen LogP contribution >= 0.6 is 0 Å². The molecular formula is C24H33F3O4. The van der Waals surface area contributed by atoms with Gasteiger partial charge in [-0.25, -0.2) is 4.39 Å². The second-order valence-corrected chi connectivity index (χ2v) is 10.7. The van der Waals surface area contributed by atoms with Crippen LogP contribution in [0.5, 0.6) is 0 Å². The summed E-state index contributed by atoms with van der Waals surface area (Å²) in [6.07, 6.45) is 0.992. The van der Waals surface area contributed by atoms with Crippen molar-refractivity contribution in [2.75, 3.05) is 0 Å². The monoisotopic (exact) mass is 442 g/mol. The number of rotatable bonds is 2. The number of allylic oxidation sites excluding steroid dienone is 1. The molecule has 4 saturated carbocycles. The summed E-state index contributed by atoms with van der Waals surface area (Å²) in [5, 5.41) is 0. The lowest BCUT2D eigenvalue weighted by Crippen LogP contribution is -2.62. The Hall–Kier alpha value is -1.53. The third-order valence-corrected chi connectivity index (χ3v) is 9.36. The topological polar surface area (TPSA) is 52.6 Å². The first kappa shape index (κ1) is 22.7. The normalized spacial score (nSPS) is 46.4. The van der Waals surface area contributed by atoms with E-state index in [1.165, 1.54) is 13.8 Å². The van der Waals surface area contributed by atoms with Crippen LogP contribution in [0.4, 0.5) is 13.2 Å². The Morgan fingerprint density at radius 2 is 1.61 bits per heavy atom. The van der Waals surface area contributed by atoms with Crippen molar-refractivity contribution in [3.05, 3.63) is 11.7 Å². The summed E-state index contributed by atoms with van der Waals surface area (Å²) in [6, 6.07) is 0. The first-order valence-electron chi connectivity index (χ1n) is 11.5. The van der Waals surface area contributed by atoms with Gasteiger partial charge in [-0.2, -0.15) is 8.78 Å². The molecule has 0 heterocycles. The number of ether oxygens (including phenoxy) is 2. The van der Waals surface area contributed by atoms with E-state index in [4.69, 9.17) is 9.47 Å². The highest BCUT2D eigenvalue weighted by Crippen LogP contribution is 2.70. The summed E-state index contributed by atoms with van der Waals surface area (Å²) < 4.78 is 56.0. The molecule has 0 saturated heterocycles. The largest absolute Gasteiger partial charge is 0.462 e. The minimum absolute atomic E-state index is 0.0203. The highest BCUT2D eigenvalue weighted by atomic mass is 19.3. The van der Waals surface area contributed by atoms with E-state index in [9.17, 15) is 18.4 Å². The molecule has 0 aromatic rings. The summed E-state index contributed by atoms with van der Waals surface area (Å²) in [7, 11) is 0. The van der Waals surface area contributed by atoms with Crippen LogP contribution in [0.1, 0.15) is 79.1 Å². The van der Waals surface area contributed by atoms with Crippen LogP contribution in [0.25, 0.3) is 0 Å². The maximum atomic E-state index is 16.7. The van der Waals surface area contributed by atoms with E-state index in [2.05, 4.69) is 6.92 Å². The number of carbonyl (C=O) groups is 2. The van der Waals surface area contributed by atoms with Crippen molar-refractivity contribution in [2.24, 2.45) is 28.6 Å². The molecule has 0 aromatic heterocycles. The minimum Gasteiger partial charge on any atom is -0.462 e. The Labute approximate surface area is 181 Å². The van der Waals surface area contributed by atoms with Gasteiger partial charge in [-0.05, 0) is 62.7 Å². The van der Waals surface area contributed by atoms with Crippen molar-refractivity contribution in [3.8, 4) is 0 Å². The third-order valence-electron chi connectivity index (χ3n) is 9.36. The molecule has 0 spiro atoms. The van der Waals surface area contributed by atoms with E-state index >= 15 is 4.39 Å². The molecule has 4 aliphatic rings. The van der Waals surface area contributed by atoms with Gasteiger partial charge in [0.1, 0.15) is 17.9 Å². The summed E-state index contributed by atoms with van der Waals surface area (Å²) in [4.78, 5) is 23.0. The zero-order valence-corrected chi connectivity index (χ0v) is 18.8. The maximum Gasteiger partial charge on any atom is 0.302 e. The van der Waals surface area contributed by atoms with E-state index in [0.29, 0.717) is 12.8 Å². The van der Waals surface area contributed by atoms with Gasteiger partial charge in [0.05, 0.1) is 0 Å². The van der Waals surface area contributed by atoms with Crippen LogP contribution in [-0.2, 0) is 19.1 Å². The standard InChI is InChI=1S/C24H33F3O4/c1-13(28)30-15-7-10-23(4)18-8-9-22(3)17(5-6-20(22)31-14(2)29)16(18)11-19(21(25)26)24(23,27)12-15/h15-18,20H,5-12H2,1-4H3/t15-,16-,17-,18-,20-,22-,23+,24-/m0/s1. The zero-order valence-electron chi connectivity index (χ0n) is 18.8. The number of halogens is 3. The van der Waals surface area contributed by atoms with Crippen molar-refractivity contribution in [1.29, 1.82) is 0 Å². The van der Waals surface area contributed by atoms with Gasteiger partial charge >= 0.3 is 11.9 Å². The van der Waals surface area contributed by atoms with Crippen LogP contribution in [0.15, 0.2) is 11.7 Å². The Morgan fingerprint density at radius 3 is 2.23 bits per heavy atom. The number of alkyl halides is 1. The molecule has 0 radical (unpaired) electrons. The Morgan fingerprint density at radius 1 is 0.935 bits per heavy atom. The van der Waals surface area contributed by atoms with Crippen LogP contribution in [0.3, 0.4) is 0 Å². The lowest BCUT2D eigenvalue weighted by Gasteiger charge is -2.63. The minimum atomic E-state index is -2.17. The fourth-order valence-electron chi connectivity index (χ4n) is 7.92. The number of fused-ring (bicyclic) bond motifs is 5. The van der Waals surface area contributed by atoms with Crippen molar-refractivity contribution < 1.29 is 32.2 Å². The van der Waals surface area contributed by atoms with E-state index in [0.717, 1.165) is 25.7 Å². The maximum absolute atomic E-state index is 16.7. The van der Waals surface area contributed by atoms with Crippen LogP contribution < -0.4 is 0 Å². The van der Waals surface area contributed by atoms with Gasteiger partial charge in [0.15, 0.2) is 0 Å². The second kappa shape index (κ2) is 7.51. The van der Waals surface area contributed by atoms with Gasteiger partial charge in [0, 0.05) is 36.7 Å². The Bertz CT molecular complexity index is 809. The van der Waals surface area contributed by atoms with E-state index in [-0.39, 0.29) is 48.1 Å². The molecular weight excluding hydrogens is 409 g/mol. The van der Waals surface area contributed by atoms with Crippen LogP contribution in [0.2, 0.25) is 0 Å². The van der Waals surface area contributed by atoms with Gasteiger partial charge in [-0.15, -0.1) is 0 Å². The molecule has 4 rings (SSSR count). The third kappa shape index (κ3) is 3.32. The van der Waals surface area contributed by atoms with Gasteiger partial charge < -0.3 is 9.47 Å². The molecule has 0 amide bonds. The first-order valence-corrected chi connectivity index (χ1v) is 11.5. The van der Waals surface area contributed by atoms with E-state index < -0.39 is 34.8 Å².